The van der Waals surface area contributed by atoms with Crippen molar-refractivity contribution >= 4 is 22.4 Å². The van der Waals surface area contributed by atoms with Crippen LogP contribution in [-0.4, -0.2) is 36.1 Å². The molecule has 0 saturated carbocycles. The molecule has 128 valence electrons. The number of anilines is 2. The van der Waals surface area contributed by atoms with E-state index < -0.39 is 0 Å². The summed E-state index contributed by atoms with van der Waals surface area (Å²) in [5.74, 6) is 0.423. The van der Waals surface area contributed by atoms with Gasteiger partial charge in [-0.25, -0.2) is 14.4 Å². The molecule has 25 heavy (non-hydrogen) atoms. The molecule has 4 rings (SSSR count). The molecule has 1 aliphatic heterocycles. The number of aromatic nitrogens is 2. The summed E-state index contributed by atoms with van der Waals surface area (Å²) in [6, 6.07) is 13.4. The van der Waals surface area contributed by atoms with Crippen molar-refractivity contribution in [2.45, 2.75) is 6.54 Å². The SMILES string of the molecule is Fc1cc2c(NCc3ccccc3)ncnc2cc1N1CCNCC1. The monoisotopic (exact) mass is 337 g/mol. The minimum atomic E-state index is -0.230. The number of benzene rings is 2. The molecule has 0 atom stereocenters. The average molecular weight is 337 g/mol. The van der Waals surface area contributed by atoms with Crippen molar-refractivity contribution in [3.8, 4) is 0 Å². The highest BCUT2D eigenvalue weighted by Gasteiger charge is 2.17. The lowest BCUT2D eigenvalue weighted by Crippen LogP contribution is -2.43. The Bertz CT molecular complexity index is 862. The van der Waals surface area contributed by atoms with E-state index in [0.29, 0.717) is 23.4 Å². The topological polar surface area (TPSA) is 53.1 Å². The zero-order chi connectivity index (χ0) is 17.1. The highest BCUT2D eigenvalue weighted by molar-refractivity contribution is 5.91. The molecule has 5 nitrogen and oxygen atoms in total. The van der Waals surface area contributed by atoms with Gasteiger partial charge in [-0.3, -0.25) is 0 Å². The molecule has 0 amide bonds. The molecule has 6 heteroatoms. The Labute approximate surface area is 145 Å². The quantitative estimate of drug-likeness (QED) is 0.767. The largest absolute Gasteiger partial charge is 0.367 e. The van der Waals surface area contributed by atoms with Crippen LogP contribution < -0.4 is 15.5 Å². The third-order valence-corrected chi connectivity index (χ3v) is 4.46. The minimum absolute atomic E-state index is 0.230. The Kier molecular flexibility index (Phi) is 4.43. The second-order valence-electron chi connectivity index (χ2n) is 6.12. The maximum atomic E-state index is 14.7. The number of nitrogens with one attached hydrogen (secondary N) is 2. The number of piperazine rings is 1. The highest BCUT2D eigenvalue weighted by atomic mass is 19.1. The number of fused-ring (bicyclic) bond motifs is 1. The molecule has 2 N–H and O–H groups in total. The van der Waals surface area contributed by atoms with E-state index in [9.17, 15) is 4.39 Å². The Balaban J connectivity index is 1.63. The Morgan fingerprint density at radius 2 is 1.88 bits per heavy atom. The number of hydrogen-bond acceptors (Lipinski definition) is 5. The van der Waals surface area contributed by atoms with Gasteiger partial charge in [0.05, 0.1) is 11.2 Å². The molecular weight excluding hydrogens is 317 g/mol. The van der Waals surface area contributed by atoms with Gasteiger partial charge in [0.2, 0.25) is 0 Å². The van der Waals surface area contributed by atoms with Crippen LogP contribution in [0.2, 0.25) is 0 Å². The van der Waals surface area contributed by atoms with Crippen LogP contribution >= 0.6 is 0 Å². The van der Waals surface area contributed by atoms with Gasteiger partial charge in [0.15, 0.2) is 0 Å². The number of nitrogens with zero attached hydrogens (tertiary/aromatic N) is 3. The molecule has 0 unspecified atom stereocenters. The smallest absolute Gasteiger partial charge is 0.147 e. The van der Waals surface area contributed by atoms with Gasteiger partial charge in [-0.05, 0) is 17.7 Å². The highest BCUT2D eigenvalue weighted by Crippen LogP contribution is 2.28. The Morgan fingerprint density at radius 1 is 1.08 bits per heavy atom. The van der Waals surface area contributed by atoms with E-state index in [1.165, 1.54) is 6.33 Å². The van der Waals surface area contributed by atoms with Gasteiger partial charge < -0.3 is 15.5 Å². The van der Waals surface area contributed by atoms with E-state index in [2.05, 4.69) is 25.5 Å². The van der Waals surface area contributed by atoms with E-state index in [-0.39, 0.29) is 5.82 Å². The van der Waals surface area contributed by atoms with Gasteiger partial charge in [0.25, 0.3) is 0 Å². The van der Waals surface area contributed by atoms with Crippen molar-refractivity contribution in [1.82, 2.24) is 15.3 Å². The molecule has 2 aromatic carbocycles. The summed E-state index contributed by atoms with van der Waals surface area (Å²) in [6.45, 7) is 3.96. The molecule has 2 heterocycles. The average Bonchev–Trinajstić information content (AvgIpc) is 2.67. The predicted molar refractivity (Wildman–Crippen MR) is 98.3 cm³/mol. The van der Waals surface area contributed by atoms with Gasteiger partial charge in [0.1, 0.15) is 18.0 Å². The van der Waals surface area contributed by atoms with Crippen LogP contribution in [0.5, 0.6) is 0 Å². The summed E-state index contributed by atoms with van der Waals surface area (Å²) in [5, 5.41) is 7.28. The maximum absolute atomic E-state index is 14.7. The van der Waals surface area contributed by atoms with Crippen LogP contribution in [0.3, 0.4) is 0 Å². The summed E-state index contributed by atoms with van der Waals surface area (Å²) >= 11 is 0. The van der Waals surface area contributed by atoms with E-state index in [4.69, 9.17) is 0 Å². The van der Waals surface area contributed by atoms with Crippen LogP contribution in [0.1, 0.15) is 5.56 Å². The molecule has 0 bridgehead atoms. The normalized spacial score (nSPS) is 14.7. The van der Waals surface area contributed by atoms with Crippen LogP contribution in [0.15, 0.2) is 48.8 Å². The Morgan fingerprint density at radius 3 is 2.68 bits per heavy atom. The van der Waals surface area contributed by atoms with E-state index in [1.54, 1.807) is 6.07 Å². The number of rotatable bonds is 4. The third-order valence-electron chi connectivity index (χ3n) is 4.46. The lowest BCUT2D eigenvalue weighted by Gasteiger charge is -2.29. The van der Waals surface area contributed by atoms with Crippen LogP contribution in [0.4, 0.5) is 15.9 Å². The molecule has 0 spiro atoms. The zero-order valence-corrected chi connectivity index (χ0v) is 13.9. The summed E-state index contributed by atoms with van der Waals surface area (Å²) < 4.78 is 14.7. The first-order valence-electron chi connectivity index (χ1n) is 8.49. The molecule has 1 aliphatic rings. The van der Waals surface area contributed by atoms with Gasteiger partial charge in [0, 0.05) is 38.1 Å². The lowest BCUT2D eigenvalue weighted by molar-refractivity contribution is 0.567. The number of halogens is 1. The standard InChI is InChI=1S/C19H20FN5/c20-16-10-15-17(11-18(16)25-8-6-21-7-9-25)23-13-24-19(15)22-12-14-4-2-1-3-5-14/h1-5,10-11,13,21H,6-9,12H2,(H,22,23,24). The van der Waals surface area contributed by atoms with Gasteiger partial charge in [-0.1, -0.05) is 30.3 Å². The van der Waals surface area contributed by atoms with E-state index >= 15 is 0 Å². The van der Waals surface area contributed by atoms with Crippen molar-refractivity contribution in [2.75, 3.05) is 36.4 Å². The zero-order valence-electron chi connectivity index (χ0n) is 13.9. The predicted octanol–water partition coefficient (Wildman–Crippen LogP) is 2.79. The first-order valence-corrected chi connectivity index (χ1v) is 8.49. The molecule has 3 aromatic rings. The second-order valence-corrected chi connectivity index (χ2v) is 6.12. The van der Waals surface area contributed by atoms with E-state index in [1.807, 2.05) is 36.4 Å². The van der Waals surface area contributed by atoms with E-state index in [0.717, 1.165) is 37.3 Å². The molecule has 0 aliphatic carbocycles. The van der Waals surface area contributed by atoms with Gasteiger partial charge in [-0.15, -0.1) is 0 Å². The maximum Gasteiger partial charge on any atom is 0.147 e. The molecule has 1 fully saturated rings. The van der Waals surface area contributed by atoms with Crippen molar-refractivity contribution < 1.29 is 4.39 Å². The first kappa shape index (κ1) is 15.8. The van der Waals surface area contributed by atoms with Gasteiger partial charge in [-0.2, -0.15) is 0 Å². The third kappa shape index (κ3) is 3.39. The summed E-state index contributed by atoms with van der Waals surface area (Å²) in [5.41, 5.74) is 2.51. The Hall–Kier alpha value is -2.73. The summed E-state index contributed by atoms with van der Waals surface area (Å²) in [6.07, 6.45) is 1.52. The second kappa shape index (κ2) is 7.03. The first-order chi connectivity index (χ1) is 12.3. The molecule has 1 aromatic heterocycles. The molecule has 1 saturated heterocycles. The fraction of sp³-hybridized carbons (Fsp3) is 0.263. The van der Waals surface area contributed by atoms with Crippen LogP contribution in [0, 0.1) is 5.82 Å². The van der Waals surface area contributed by atoms with Crippen molar-refractivity contribution in [3.05, 3.63) is 60.2 Å². The summed E-state index contributed by atoms with van der Waals surface area (Å²) in [4.78, 5) is 10.7. The molecule has 0 radical (unpaired) electrons. The fourth-order valence-corrected chi connectivity index (χ4v) is 3.14. The van der Waals surface area contributed by atoms with Crippen molar-refractivity contribution in [3.63, 3.8) is 0 Å². The molecular formula is C19H20FN5. The van der Waals surface area contributed by atoms with Crippen LogP contribution in [0.25, 0.3) is 10.9 Å². The lowest BCUT2D eigenvalue weighted by atomic mass is 10.1. The summed E-state index contributed by atoms with van der Waals surface area (Å²) in [7, 11) is 0. The van der Waals surface area contributed by atoms with Crippen molar-refractivity contribution in [2.24, 2.45) is 0 Å². The van der Waals surface area contributed by atoms with Crippen LogP contribution in [-0.2, 0) is 6.54 Å². The van der Waals surface area contributed by atoms with Gasteiger partial charge >= 0.3 is 0 Å². The van der Waals surface area contributed by atoms with Crippen molar-refractivity contribution in [1.29, 1.82) is 0 Å². The number of hydrogen-bond donors (Lipinski definition) is 2. The fourth-order valence-electron chi connectivity index (χ4n) is 3.14. The minimum Gasteiger partial charge on any atom is -0.367 e.